The quantitative estimate of drug-likeness (QED) is 0.806. The molecule has 1 aliphatic carbocycles. The van der Waals surface area contributed by atoms with Crippen molar-refractivity contribution in [2.75, 3.05) is 13.7 Å². The van der Waals surface area contributed by atoms with E-state index in [1.165, 1.54) is 25.7 Å². The molecule has 1 aliphatic rings. The summed E-state index contributed by atoms with van der Waals surface area (Å²) in [5.41, 5.74) is 5.97. The van der Waals surface area contributed by atoms with E-state index in [1.54, 1.807) is 13.4 Å². The van der Waals surface area contributed by atoms with Crippen LogP contribution in [0.5, 0.6) is 0 Å². The van der Waals surface area contributed by atoms with Gasteiger partial charge in [-0.2, -0.15) is 0 Å². The lowest BCUT2D eigenvalue weighted by Crippen LogP contribution is -2.22. The summed E-state index contributed by atoms with van der Waals surface area (Å²) in [6.07, 6.45) is 6.81. The standard InChI is InChI=1S/C10H18N4O/c1-15-6-9(11)10-13-12-7-14(10)8-4-2-3-5-8/h7-9H,2-6,11H2,1H3. The third-order valence-electron chi connectivity index (χ3n) is 3.00. The van der Waals surface area contributed by atoms with Crippen LogP contribution in [0.3, 0.4) is 0 Å². The minimum Gasteiger partial charge on any atom is -0.383 e. The van der Waals surface area contributed by atoms with Gasteiger partial charge in [-0.25, -0.2) is 0 Å². The normalized spacial score (nSPS) is 19.6. The largest absolute Gasteiger partial charge is 0.383 e. The number of hydrogen-bond donors (Lipinski definition) is 1. The van der Waals surface area contributed by atoms with E-state index in [0.717, 1.165) is 5.82 Å². The van der Waals surface area contributed by atoms with Crippen molar-refractivity contribution in [3.63, 3.8) is 0 Å². The number of nitrogens with two attached hydrogens (primary N) is 1. The number of ether oxygens (including phenoxy) is 1. The molecule has 0 aromatic carbocycles. The van der Waals surface area contributed by atoms with Crippen molar-refractivity contribution in [1.29, 1.82) is 0 Å². The maximum Gasteiger partial charge on any atom is 0.152 e. The molecule has 0 bridgehead atoms. The van der Waals surface area contributed by atoms with E-state index in [2.05, 4.69) is 14.8 Å². The second-order valence-corrected chi connectivity index (χ2v) is 4.10. The summed E-state index contributed by atoms with van der Waals surface area (Å²) in [6, 6.07) is 0.371. The van der Waals surface area contributed by atoms with Crippen LogP contribution >= 0.6 is 0 Å². The van der Waals surface area contributed by atoms with Crippen LogP contribution in [0.2, 0.25) is 0 Å². The third-order valence-corrected chi connectivity index (χ3v) is 3.00. The Kier molecular flexibility index (Phi) is 3.33. The first-order valence-corrected chi connectivity index (χ1v) is 5.47. The zero-order valence-electron chi connectivity index (χ0n) is 9.09. The Labute approximate surface area is 89.6 Å². The van der Waals surface area contributed by atoms with Crippen LogP contribution in [0, 0.1) is 0 Å². The number of aromatic nitrogens is 3. The molecule has 1 fully saturated rings. The lowest BCUT2D eigenvalue weighted by Gasteiger charge is -2.16. The van der Waals surface area contributed by atoms with Gasteiger partial charge in [0.2, 0.25) is 0 Å². The van der Waals surface area contributed by atoms with E-state index in [-0.39, 0.29) is 6.04 Å². The van der Waals surface area contributed by atoms with Gasteiger partial charge in [0.05, 0.1) is 12.6 Å². The highest BCUT2D eigenvalue weighted by Crippen LogP contribution is 2.30. The maximum absolute atomic E-state index is 5.97. The topological polar surface area (TPSA) is 66.0 Å². The van der Waals surface area contributed by atoms with E-state index in [0.29, 0.717) is 12.6 Å². The van der Waals surface area contributed by atoms with Crippen molar-refractivity contribution >= 4 is 0 Å². The maximum atomic E-state index is 5.97. The van der Waals surface area contributed by atoms with Gasteiger partial charge in [0.25, 0.3) is 0 Å². The Balaban J connectivity index is 2.13. The fraction of sp³-hybridized carbons (Fsp3) is 0.800. The van der Waals surface area contributed by atoms with Crippen LogP contribution < -0.4 is 5.73 Å². The number of nitrogens with zero attached hydrogens (tertiary/aromatic N) is 3. The molecule has 1 aromatic heterocycles. The average molecular weight is 210 g/mol. The highest BCUT2D eigenvalue weighted by Gasteiger charge is 2.22. The Morgan fingerprint density at radius 1 is 1.60 bits per heavy atom. The summed E-state index contributed by atoms with van der Waals surface area (Å²) in [6.45, 7) is 0.491. The SMILES string of the molecule is COCC(N)c1nncn1C1CCCC1. The molecule has 0 amide bonds. The monoisotopic (exact) mass is 210 g/mol. The zero-order valence-corrected chi connectivity index (χ0v) is 9.09. The Morgan fingerprint density at radius 3 is 3.00 bits per heavy atom. The molecule has 15 heavy (non-hydrogen) atoms. The first kappa shape index (κ1) is 10.6. The van der Waals surface area contributed by atoms with Crippen LogP contribution in [0.1, 0.15) is 43.6 Å². The molecule has 2 N–H and O–H groups in total. The molecule has 2 rings (SSSR count). The Bertz CT molecular complexity index is 306. The molecule has 1 heterocycles. The fourth-order valence-electron chi connectivity index (χ4n) is 2.23. The van der Waals surface area contributed by atoms with Crippen molar-refractivity contribution in [3.05, 3.63) is 12.2 Å². The molecule has 1 aromatic rings. The van der Waals surface area contributed by atoms with Gasteiger partial charge in [0.15, 0.2) is 5.82 Å². The van der Waals surface area contributed by atoms with Crippen LogP contribution in [0.25, 0.3) is 0 Å². The summed E-state index contributed by atoms with van der Waals surface area (Å²) in [7, 11) is 1.65. The molecule has 1 saturated carbocycles. The molecule has 0 radical (unpaired) electrons. The van der Waals surface area contributed by atoms with Crippen LogP contribution in [-0.2, 0) is 4.74 Å². The second-order valence-electron chi connectivity index (χ2n) is 4.10. The third kappa shape index (κ3) is 2.18. The Morgan fingerprint density at radius 2 is 2.33 bits per heavy atom. The highest BCUT2D eigenvalue weighted by molar-refractivity contribution is 4.97. The van der Waals surface area contributed by atoms with Gasteiger partial charge in [0.1, 0.15) is 6.33 Å². The summed E-state index contributed by atoms with van der Waals surface area (Å²) in [5, 5.41) is 8.03. The van der Waals surface area contributed by atoms with Crippen LogP contribution in [-0.4, -0.2) is 28.5 Å². The minimum atomic E-state index is -0.168. The van der Waals surface area contributed by atoms with Gasteiger partial charge in [-0.1, -0.05) is 12.8 Å². The number of rotatable bonds is 4. The fourth-order valence-corrected chi connectivity index (χ4v) is 2.23. The molecule has 1 atom stereocenters. The van der Waals surface area contributed by atoms with E-state index < -0.39 is 0 Å². The molecule has 5 nitrogen and oxygen atoms in total. The first-order valence-electron chi connectivity index (χ1n) is 5.47. The molecule has 0 spiro atoms. The molecular formula is C10H18N4O. The predicted molar refractivity (Wildman–Crippen MR) is 56.3 cm³/mol. The van der Waals surface area contributed by atoms with Gasteiger partial charge >= 0.3 is 0 Å². The van der Waals surface area contributed by atoms with Gasteiger partial charge in [0, 0.05) is 13.2 Å². The van der Waals surface area contributed by atoms with Gasteiger partial charge in [-0.15, -0.1) is 10.2 Å². The molecule has 1 unspecified atom stereocenters. The lowest BCUT2D eigenvalue weighted by atomic mass is 10.2. The van der Waals surface area contributed by atoms with E-state index in [9.17, 15) is 0 Å². The summed E-state index contributed by atoms with van der Waals surface area (Å²) < 4.78 is 7.16. The molecule has 0 aliphatic heterocycles. The summed E-state index contributed by atoms with van der Waals surface area (Å²) >= 11 is 0. The van der Waals surface area contributed by atoms with Crippen LogP contribution in [0.4, 0.5) is 0 Å². The van der Waals surface area contributed by atoms with Crippen molar-refractivity contribution in [3.8, 4) is 0 Å². The summed E-state index contributed by atoms with van der Waals surface area (Å²) in [4.78, 5) is 0. The smallest absolute Gasteiger partial charge is 0.152 e. The van der Waals surface area contributed by atoms with Gasteiger partial charge < -0.3 is 15.0 Å². The molecule has 84 valence electrons. The van der Waals surface area contributed by atoms with Crippen molar-refractivity contribution in [2.24, 2.45) is 5.73 Å². The molecule has 5 heteroatoms. The van der Waals surface area contributed by atoms with Crippen molar-refractivity contribution in [1.82, 2.24) is 14.8 Å². The average Bonchev–Trinajstić information content (AvgIpc) is 2.88. The van der Waals surface area contributed by atoms with Gasteiger partial charge in [-0.3, -0.25) is 0 Å². The Hall–Kier alpha value is -0.940. The second kappa shape index (κ2) is 4.72. The highest BCUT2D eigenvalue weighted by atomic mass is 16.5. The minimum absolute atomic E-state index is 0.168. The van der Waals surface area contributed by atoms with E-state index in [1.807, 2.05) is 0 Å². The van der Waals surface area contributed by atoms with Crippen LogP contribution in [0.15, 0.2) is 6.33 Å². The molecule has 0 saturated heterocycles. The zero-order chi connectivity index (χ0) is 10.7. The number of methoxy groups -OCH3 is 1. The van der Waals surface area contributed by atoms with Crippen molar-refractivity contribution < 1.29 is 4.74 Å². The number of hydrogen-bond acceptors (Lipinski definition) is 4. The van der Waals surface area contributed by atoms with Crippen molar-refractivity contribution in [2.45, 2.75) is 37.8 Å². The predicted octanol–water partition coefficient (Wildman–Crippen LogP) is 1.04. The van der Waals surface area contributed by atoms with E-state index >= 15 is 0 Å². The first-order chi connectivity index (χ1) is 7.33. The van der Waals surface area contributed by atoms with E-state index in [4.69, 9.17) is 10.5 Å². The molecular weight excluding hydrogens is 192 g/mol. The van der Waals surface area contributed by atoms with Gasteiger partial charge in [-0.05, 0) is 12.8 Å². The summed E-state index contributed by atoms with van der Waals surface area (Å²) in [5.74, 6) is 0.851. The lowest BCUT2D eigenvalue weighted by molar-refractivity contribution is 0.176.